The highest BCUT2D eigenvalue weighted by molar-refractivity contribution is 5.94. The summed E-state index contributed by atoms with van der Waals surface area (Å²) < 4.78 is 0. The molecule has 2 aromatic rings. The number of hydrogen-bond acceptors (Lipinski definition) is 3. The van der Waals surface area contributed by atoms with Crippen LogP contribution in [-0.4, -0.2) is 41.1 Å². The minimum absolute atomic E-state index is 0.0633. The molecule has 2 aromatic carbocycles. The fourth-order valence-electron chi connectivity index (χ4n) is 3.08. The molecular weight excluding hydrogens is 288 g/mol. The van der Waals surface area contributed by atoms with E-state index in [1.165, 1.54) is 5.56 Å². The topological polar surface area (TPSA) is 52.6 Å². The number of nitrogens with zero attached hydrogens (tertiary/aromatic N) is 1. The minimum atomic E-state index is -0.322. The van der Waals surface area contributed by atoms with Crippen molar-refractivity contribution in [2.24, 2.45) is 0 Å². The lowest BCUT2D eigenvalue weighted by Gasteiger charge is -2.24. The number of aliphatic hydroxyl groups excluding tert-OH is 1. The van der Waals surface area contributed by atoms with E-state index in [0.29, 0.717) is 25.1 Å². The first-order valence-electron chi connectivity index (χ1n) is 8.01. The van der Waals surface area contributed by atoms with Crippen molar-refractivity contribution in [3.05, 3.63) is 71.8 Å². The molecule has 4 nitrogen and oxygen atoms in total. The van der Waals surface area contributed by atoms with E-state index in [1.54, 1.807) is 12.1 Å². The molecule has 1 fully saturated rings. The van der Waals surface area contributed by atoms with Gasteiger partial charge in [-0.2, -0.15) is 0 Å². The first kappa shape index (κ1) is 15.7. The fraction of sp³-hybridized carbons (Fsp3) is 0.316. The third-order valence-electron chi connectivity index (χ3n) is 4.27. The van der Waals surface area contributed by atoms with Crippen molar-refractivity contribution in [3.63, 3.8) is 0 Å². The summed E-state index contributed by atoms with van der Waals surface area (Å²) in [5, 5.41) is 13.0. The van der Waals surface area contributed by atoms with Gasteiger partial charge in [-0.05, 0) is 24.1 Å². The Bertz CT molecular complexity index is 630. The predicted molar refractivity (Wildman–Crippen MR) is 90.0 cm³/mol. The van der Waals surface area contributed by atoms with Crippen molar-refractivity contribution < 1.29 is 9.90 Å². The van der Waals surface area contributed by atoms with Crippen LogP contribution in [0, 0.1) is 0 Å². The van der Waals surface area contributed by atoms with Crippen molar-refractivity contribution in [1.29, 1.82) is 0 Å². The summed E-state index contributed by atoms with van der Waals surface area (Å²) in [6.45, 7) is 2.00. The van der Waals surface area contributed by atoms with Crippen LogP contribution in [0.1, 0.15) is 22.3 Å². The van der Waals surface area contributed by atoms with E-state index < -0.39 is 0 Å². The number of hydrogen-bond donors (Lipinski definition) is 2. The van der Waals surface area contributed by atoms with Gasteiger partial charge in [0, 0.05) is 31.2 Å². The average Bonchev–Trinajstić information content (AvgIpc) is 2.94. The number of rotatable bonds is 5. The maximum absolute atomic E-state index is 12.2. The molecule has 3 rings (SSSR count). The highest BCUT2D eigenvalue weighted by atomic mass is 16.3. The van der Waals surface area contributed by atoms with Crippen LogP contribution in [0.25, 0.3) is 0 Å². The Balaban J connectivity index is 1.58. The first-order chi connectivity index (χ1) is 11.2. The Morgan fingerprint density at radius 3 is 2.43 bits per heavy atom. The Labute approximate surface area is 136 Å². The Hall–Kier alpha value is -2.17. The van der Waals surface area contributed by atoms with Gasteiger partial charge in [-0.15, -0.1) is 0 Å². The molecule has 0 aromatic heterocycles. The number of benzene rings is 2. The average molecular weight is 310 g/mol. The highest BCUT2D eigenvalue weighted by Gasteiger charge is 2.30. The predicted octanol–water partition coefficient (Wildman–Crippen LogP) is 2.05. The van der Waals surface area contributed by atoms with Gasteiger partial charge in [0.1, 0.15) is 0 Å². The molecule has 0 radical (unpaired) electrons. The molecule has 1 heterocycles. The summed E-state index contributed by atoms with van der Waals surface area (Å²) in [5.41, 5.74) is 1.89. The summed E-state index contributed by atoms with van der Waals surface area (Å²) in [4.78, 5) is 14.4. The highest BCUT2D eigenvalue weighted by Crippen LogP contribution is 2.20. The second-order valence-corrected chi connectivity index (χ2v) is 6.03. The third kappa shape index (κ3) is 4.18. The van der Waals surface area contributed by atoms with Crippen molar-refractivity contribution >= 4 is 5.91 Å². The van der Waals surface area contributed by atoms with E-state index in [2.05, 4.69) is 22.3 Å². The number of likely N-dealkylation sites (tertiary alicyclic amines) is 1. The number of carbonyl (C=O) groups is 1. The van der Waals surface area contributed by atoms with Crippen molar-refractivity contribution in [3.8, 4) is 0 Å². The Kier molecular flexibility index (Phi) is 5.05. The number of β-amino-alcohol motifs (C(OH)–C–C–N with tert-alkyl or cyclic N) is 1. The molecule has 1 aliphatic rings. The van der Waals surface area contributed by atoms with E-state index in [1.807, 2.05) is 36.4 Å². The molecule has 0 bridgehead atoms. The van der Waals surface area contributed by atoms with Gasteiger partial charge in [0.05, 0.1) is 6.10 Å². The van der Waals surface area contributed by atoms with Gasteiger partial charge in [-0.1, -0.05) is 48.5 Å². The van der Waals surface area contributed by atoms with E-state index in [9.17, 15) is 9.90 Å². The van der Waals surface area contributed by atoms with Crippen LogP contribution in [0.4, 0.5) is 0 Å². The van der Waals surface area contributed by atoms with Crippen molar-refractivity contribution in [1.82, 2.24) is 10.2 Å². The van der Waals surface area contributed by atoms with Crippen molar-refractivity contribution in [2.75, 3.05) is 13.1 Å². The molecule has 0 spiro atoms. The maximum atomic E-state index is 12.2. The molecule has 0 saturated carbocycles. The van der Waals surface area contributed by atoms with Crippen LogP contribution in [0.3, 0.4) is 0 Å². The summed E-state index contributed by atoms with van der Waals surface area (Å²) in [7, 11) is 0. The fourth-order valence-corrected chi connectivity index (χ4v) is 3.08. The zero-order valence-electron chi connectivity index (χ0n) is 13.1. The molecule has 1 amide bonds. The molecule has 2 unspecified atom stereocenters. The SMILES string of the molecule is O=C(NCC1CC(O)CN1Cc1ccccc1)c1ccccc1. The number of aliphatic hydroxyl groups is 1. The van der Waals surface area contributed by atoms with E-state index in [4.69, 9.17) is 0 Å². The monoisotopic (exact) mass is 310 g/mol. The second-order valence-electron chi connectivity index (χ2n) is 6.03. The van der Waals surface area contributed by atoms with E-state index in [0.717, 1.165) is 6.54 Å². The zero-order valence-corrected chi connectivity index (χ0v) is 13.1. The van der Waals surface area contributed by atoms with Gasteiger partial charge in [0.15, 0.2) is 0 Å². The quantitative estimate of drug-likeness (QED) is 0.889. The molecule has 1 aliphatic heterocycles. The number of amides is 1. The molecule has 4 heteroatoms. The standard InChI is InChI=1S/C19H22N2O2/c22-18-11-17(12-20-19(23)16-9-5-2-6-10-16)21(14-18)13-15-7-3-1-4-8-15/h1-10,17-18,22H,11-14H2,(H,20,23). The number of nitrogens with one attached hydrogen (secondary N) is 1. The summed E-state index contributed by atoms with van der Waals surface area (Å²) in [6, 6.07) is 19.6. The Morgan fingerprint density at radius 2 is 1.74 bits per heavy atom. The third-order valence-corrected chi connectivity index (χ3v) is 4.27. The summed E-state index contributed by atoms with van der Waals surface area (Å²) in [5.74, 6) is -0.0633. The van der Waals surface area contributed by atoms with E-state index in [-0.39, 0.29) is 18.1 Å². The molecule has 2 N–H and O–H groups in total. The summed E-state index contributed by atoms with van der Waals surface area (Å²) >= 11 is 0. The van der Waals surface area contributed by atoms with E-state index >= 15 is 0 Å². The van der Waals surface area contributed by atoms with Crippen LogP contribution in [0.2, 0.25) is 0 Å². The molecule has 2 atom stereocenters. The lowest BCUT2D eigenvalue weighted by molar-refractivity contribution is 0.0940. The number of carbonyl (C=O) groups excluding carboxylic acids is 1. The largest absolute Gasteiger partial charge is 0.392 e. The molecule has 0 aliphatic carbocycles. The van der Waals surface area contributed by atoms with Crippen LogP contribution in [-0.2, 0) is 6.54 Å². The van der Waals surface area contributed by atoms with Gasteiger partial charge in [-0.3, -0.25) is 9.69 Å². The van der Waals surface area contributed by atoms with Crippen molar-refractivity contribution in [2.45, 2.75) is 25.1 Å². The van der Waals surface area contributed by atoms with Crippen LogP contribution in [0.5, 0.6) is 0 Å². The second kappa shape index (κ2) is 7.40. The molecule has 23 heavy (non-hydrogen) atoms. The lowest BCUT2D eigenvalue weighted by atomic mass is 10.1. The van der Waals surface area contributed by atoms with Gasteiger partial charge in [0.25, 0.3) is 5.91 Å². The van der Waals surface area contributed by atoms with Gasteiger partial charge in [0.2, 0.25) is 0 Å². The zero-order chi connectivity index (χ0) is 16.1. The molecule has 1 saturated heterocycles. The van der Waals surface area contributed by atoms with Gasteiger partial charge < -0.3 is 10.4 Å². The Morgan fingerprint density at radius 1 is 1.09 bits per heavy atom. The van der Waals surface area contributed by atoms with Crippen LogP contribution in [0.15, 0.2) is 60.7 Å². The maximum Gasteiger partial charge on any atom is 0.251 e. The normalized spacial score (nSPS) is 21.3. The van der Waals surface area contributed by atoms with Crippen LogP contribution < -0.4 is 5.32 Å². The first-order valence-corrected chi connectivity index (χ1v) is 8.01. The summed E-state index contributed by atoms with van der Waals surface area (Å²) in [6.07, 6.45) is 0.374. The van der Waals surface area contributed by atoms with Crippen LogP contribution >= 0.6 is 0 Å². The molecule has 120 valence electrons. The van der Waals surface area contributed by atoms with Gasteiger partial charge in [-0.25, -0.2) is 0 Å². The lowest BCUT2D eigenvalue weighted by Crippen LogP contribution is -2.39. The van der Waals surface area contributed by atoms with Gasteiger partial charge >= 0.3 is 0 Å². The smallest absolute Gasteiger partial charge is 0.251 e. The minimum Gasteiger partial charge on any atom is -0.392 e. The molecular formula is C19H22N2O2.